The third kappa shape index (κ3) is 5.61. The molecule has 6 heteroatoms. The molecule has 1 atom stereocenters. The van der Waals surface area contributed by atoms with Crippen LogP contribution < -0.4 is 0 Å². The first-order valence-corrected chi connectivity index (χ1v) is 10.2. The van der Waals surface area contributed by atoms with Crippen molar-refractivity contribution < 1.29 is 26.7 Å². The Bertz CT molecular complexity index is 1090. The quantitative estimate of drug-likeness (QED) is 0.350. The van der Waals surface area contributed by atoms with Crippen molar-refractivity contribution in [3.63, 3.8) is 0 Å². The van der Waals surface area contributed by atoms with Gasteiger partial charge < -0.3 is 0 Å². The molecule has 0 radical (unpaired) electrons. The smallest absolute Gasteiger partial charge is 0.299 e. The van der Waals surface area contributed by atoms with Crippen molar-refractivity contribution in [2.45, 2.75) is 39.3 Å². The summed E-state index contributed by atoms with van der Waals surface area (Å²) in [6.45, 7) is 5.45. The van der Waals surface area contributed by atoms with Crippen LogP contribution in [-0.4, -0.2) is 5.78 Å². The molecule has 32 heavy (non-hydrogen) atoms. The summed E-state index contributed by atoms with van der Waals surface area (Å²) in [5.41, 5.74) is 1.71. The topological polar surface area (TPSA) is 17.1 Å². The van der Waals surface area contributed by atoms with E-state index in [1.54, 1.807) is 18.2 Å². The second kappa shape index (κ2) is 9.23. The molecule has 0 aromatic heterocycles. The number of carbonyl (C=O) groups excluding carboxylic acids is 1. The van der Waals surface area contributed by atoms with Gasteiger partial charge in [0.05, 0.1) is 5.56 Å². The molecule has 168 valence electrons. The van der Waals surface area contributed by atoms with Gasteiger partial charge in [0.2, 0.25) is 0 Å². The van der Waals surface area contributed by atoms with Gasteiger partial charge in [0.1, 0.15) is 17.4 Å². The fourth-order valence-electron chi connectivity index (χ4n) is 3.77. The molecule has 0 heterocycles. The van der Waals surface area contributed by atoms with Crippen LogP contribution in [0.4, 0.5) is 22.0 Å². The lowest BCUT2D eigenvalue weighted by molar-refractivity contribution is -0.137. The summed E-state index contributed by atoms with van der Waals surface area (Å²) in [4.78, 5) is 12.4. The lowest BCUT2D eigenvalue weighted by atomic mass is 9.84. The van der Waals surface area contributed by atoms with Crippen LogP contribution in [0.3, 0.4) is 0 Å². The molecule has 0 saturated carbocycles. The van der Waals surface area contributed by atoms with E-state index in [0.29, 0.717) is 28.7 Å². The molecule has 0 fully saturated rings. The normalized spacial score (nSPS) is 12.8. The van der Waals surface area contributed by atoms with E-state index in [2.05, 4.69) is 0 Å². The van der Waals surface area contributed by atoms with Gasteiger partial charge in [0.25, 0.3) is 0 Å². The summed E-state index contributed by atoms with van der Waals surface area (Å²) in [7, 11) is 0. The molecule has 0 N–H and O–H groups in total. The molecule has 1 nitrogen and oxygen atoms in total. The van der Waals surface area contributed by atoms with Gasteiger partial charge in [-0.25, -0.2) is 8.78 Å². The number of hydrogen-bond donors (Lipinski definition) is 0. The molecule has 0 saturated heterocycles. The highest BCUT2D eigenvalue weighted by molar-refractivity contribution is 5.85. The minimum absolute atomic E-state index is 0.0559. The molecule has 0 bridgehead atoms. The van der Waals surface area contributed by atoms with E-state index in [1.807, 2.05) is 13.8 Å². The minimum atomic E-state index is -4.46. The number of halogens is 5. The van der Waals surface area contributed by atoms with Gasteiger partial charge in [0, 0.05) is 12.0 Å². The van der Waals surface area contributed by atoms with Crippen LogP contribution in [-0.2, 0) is 11.0 Å². The predicted molar refractivity (Wildman–Crippen MR) is 115 cm³/mol. The standard InChI is InChI=1S/C26H23F5O/c1-15(2)8-25(16(3)32)21-10-18(17-4-6-22(7-5-17)26(29,30)31)9-19(11-21)20-12-23(27)14-24(28)13-20/h4-7,9-15,25H,8H2,1-3H3/t25-/m1/s1. The zero-order chi connectivity index (χ0) is 23.6. The fraction of sp³-hybridized carbons (Fsp3) is 0.269. The van der Waals surface area contributed by atoms with E-state index < -0.39 is 29.3 Å². The van der Waals surface area contributed by atoms with Crippen molar-refractivity contribution in [3.05, 3.63) is 83.4 Å². The van der Waals surface area contributed by atoms with Crippen molar-refractivity contribution in [2.75, 3.05) is 0 Å². The highest BCUT2D eigenvalue weighted by Gasteiger charge is 2.30. The average molecular weight is 446 g/mol. The summed E-state index contributed by atoms with van der Waals surface area (Å²) in [5.74, 6) is -1.77. The summed E-state index contributed by atoms with van der Waals surface area (Å²) in [6, 6.07) is 12.9. The number of Topliss-reactive ketones (excluding diaryl/α,β-unsaturated/α-hetero) is 1. The summed E-state index contributed by atoms with van der Waals surface area (Å²) in [5, 5.41) is 0. The van der Waals surface area contributed by atoms with Gasteiger partial charge in [-0.1, -0.05) is 38.1 Å². The van der Waals surface area contributed by atoms with Gasteiger partial charge in [-0.05, 0) is 77.4 Å². The third-order valence-corrected chi connectivity index (χ3v) is 5.30. The van der Waals surface area contributed by atoms with Crippen molar-refractivity contribution in [1.82, 2.24) is 0 Å². The first kappa shape index (κ1) is 23.6. The molecule has 3 aromatic carbocycles. The molecule has 0 amide bonds. The third-order valence-electron chi connectivity index (χ3n) is 5.30. The zero-order valence-corrected chi connectivity index (χ0v) is 17.9. The Morgan fingerprint density at radius 1 is 0.781 bits per heavy atom. The van der Waals surface area contributed by atoms with Gasteiger partial charge in [-0.3, -0.25) is 4.79 Å². The Kier molecular flexibility index (Phi) is 6.82. The predicted octanol–water partition coefficient (Wildman–Crippen LogP) is 8.04. The number of carbonyl (C=O) groups is 1. The Morgan fingerprint density at radius 3 is 1.75 bits per heavy atom. The van der Waals surface area contributed by atoms with E-state index in [1.165, 1.54) is 31.2 Å². The van der Waals surface area contributed by atoms with E-state index in [-0.39, 0.29) is 17.3 Å². The molecular formula is C26H23F5O. The molecule has 0 aliphatic rings. The number of benzene rings is 3. The Morgan fingerprint density at radius 2 is 1.28 bits per heavy atom. The van der Waals surface area contributed by atoms with Crippen LogP contribution in [0.15, 0.2) is 60.7 Å². The Labute approximate surface area is 183 Å². The van der Waals surface area contributed by atoms with Gasteiger partial charge in [-0.2, -0.15) is 13.2 Å². The maximum atomic E-state index is 13.9. The second-order valence-corrected chi connectivity index (χ2v) is 8.37. The van der Waals surface area contributed by atoms with E-state index in [4.69, 9.17) is 0 Å². The molecule has 0 aliphatic heterocycles. The summed E-state index contributed by atoms with van der Waals surface area (Å²) >= 11 is 0. The van der Waals surface area contributed by atoms with Crippen molar-refractivity contribution >= 4 is 5.78 Å². The van der Waals surface area contributed by atoms with Crippen LogP contribution in [0.2, 0.25) is 0 Å². The first-order chi connectivity index (χ1) is 14.9. The molecular weight excluding hydrogens is 423 g/mol. The Hall–Kier alpha value is -3.02. The van der Waals surface area contributed by atoms with Crippen molar-refractivity contribution in [3.8, 4) is 22.3 Å². The van der Waals surface area contributed by atoms with E-state index in [9.17, 15) is 26.7 Å². The van der Waals surface area contributed by atoms with Crippen LogP contribution in [0.25, 0.3) is 22.3 Å². The van der Waals surface area contributed by atoms with Crippen LogP contribution in [0, 0.1) is 17.6 Å². The minimum Gasteiger partial charge on any atom is -0.299 e. The number of ketones is 1. The van der Waals surface area contributed by atoms with Gasteiger partial charge in [0.15, 0.2) is 0 Å². The number of rotatable bonds is 6. The summed E-state index contributed by atoms with van der Waals surface area (Å²) < 4.78 is 66.6. The van der Waals surface area contributed by atoms with Gasteiger partial charge in [-0.15, -0.1) is 0 Å². The average Bonchev–Trinajstić information content (AvgIpc) is 2.70. The largest absolute Gasteiger partial charge is 0.416 e. The zero-order valence-electron chi connectivity index (χ0n) is 17.9. The maximum Gasteiger partial charge on any atom is 0.416 e. The lowest BCUT2D eigenvalue weighted by Crippen LogP contribution is -2.12. The van der Waals surface area contributed by atoms with Crippen molar-refractivity contribution in [2.24, 2.45) is 5.92 Å². The molecule has 0 aliphatic carbocycles. The number of alkyl halides is 3. The highest BCUT2D eigenvalue weighted by atomic mass is 19.4. The number of hydrogen-bond acceptors (Lipinski definition) is 1. The summed E-state index contributed by atoms with van der Waals surface area (Å²) in [6.07, 6.45) is -3.88. The molecule has 0 unspecified atom stereocenters. The monoisotopic (exact) mass is 446 g/mol. The first-order valence-electron chi connectivity index (χ1n) is 10.2. The molecule has 0 spiro atoms. The molecule has 3 rings (SSSR count). The van der Waals surface area contributed by atoms with Crippen molar-refractivity contribution in [1.29, 1.82) is 0 Å². The van der Waals surface area contributed by atoms with E-state index >= 15 is 0 Å². The highest BCUT2D eigenvalue weighted by Crippen LogP contribution is 2.36. The molecule has 3 aromatic rings. The SMILES string of the molecule is CC(=O)[C@@H](CC(C)C)c1cc(-c2ccc(C(F)(F)F)cc2)cc(-c2cc(F)cc(F)c2)c1. The van der Waals surface area contributed by atoms with E-state index in [0.717, 1.165) is 18.2 Å². The Balaban J connectivity index is 2.19. The van der Waals surface area contributed by atoms with Crippen LogP contribution in [0.1, 0.15) is 44.2 Å². The lowest BCUT2D eigenvalue weighted by Gasteiger charge is -2.19. The van der Waals surface area contributed by atoms with Crippen LogP contribution >= 0.6 is 0 Å². The fourth-order valence-corrected chi connectivity index (χ4v) is 3.77. The van der Waals surface area contributed by atoms with Gasteiger partial charge >= 0.3 is 6.18 Å². The van der Waals surface area contributed by atoms with Crippen LogP contribution in [0.5, 0.6) is 0 Å². The second-order valence-electron chi connectivity index (χ2n) is 8.37. The maximum absolute atomic E-state index is 13.9.